The van der Waals surface area contributed by atoms with E-state index in [0.29, 0.717) is 16.6 Å². The Morgan fingerprint density at radius 3 is 2.80 bits per heavy atom. The lowest BCUT2D eigenvalue weighted by atomic mass is 10.1. The summed E-state index contributed by atoms with van der Waals surface area (Å²) in [7, 11) is 0. The van der Waals surface area contributed by atoms with E-state index in [0.717, 1.165) is 41.0 Å². The molecule has 5 nitrogen and oxygen atoms in total. The Morgan fingerprint density at radius 2 is 2.12 bits per heavy atom. The van der Waals surface area contributed by atoms with E-state index >= 15 is 0 Å². The van der Waals surface area contributed by atoms with Gasteiger partial charge in [-0.2, -0.15) is 4.68 Å². The van der Waals surface area contributed by atoms with E-state index in [1.807, 2.05) is 31.2 Å². The Bertz CT molecular complexity index is 928. The fourth-order valence-corrected chi connectivity index (χ4v) is 3.70. The summed E-state index contributed by atoms with van der Waals surface area (Å²) in [5.74, 6) is 0.468. The molecule has 0 unspecified atom stereocenters. The molecule has 0 aliphatic heterocycles. The molecule has 1 aromatic carbocycles. The maximum Gasteiger partial charge on any atom is 0.282 e. The number of benzene rings is 1. The van der Waals surface area contributed by atoms with Crippen LogP contribution in [0.25, 0.3) is 15.3 Å². The number of rotatable bonds is 6. The topological polar surface area (TPSA) is 63.0 Å². The average molecular weight is 356 g/mol. The molecule has 25 heavy (non-hydrogen) atoms. The van der Waals surface area contributed by atoms with Gasteiger partial charge in [-0.3, -0.25) is 14.9 Å². The first kappa shape index (κ1) is 17.6. The highest BCUT2D eigenvalue weighted by Gasteiger charge is 2.19. The quantitative estimate of drug-likeness (QED) is 0.673. The maximum absolute atomic E-state index is 13.0. The highest BCUT2D eigenvalue weighted by atomic mass is 32.1. The second kappa shape index (κ2) is 7.35. The molecule has 0 bridgehead atoms. The van der Waals surface area contributed by atoms with E-state index in [4.69, 9.17) is 0 Å². The Balaban J connectivity index is 2.10. The molecule has 6 heteroatoms. The third kappa shape index (κ3) is 3.58. The van der Waals surface area contributed by atoms with Crippen molar-refractivity contribution in [1.29, 1.82) is 0 Å². The van der Waals surface area contributed by atoms with Crippen molar-refractivity contribution in [2.24, 2.45) is 10.9 Å². The third-order valence-electron chi connectivity index (χ3n) is 3.99. The second-order valence-electron chi connectivity index (χ2n) is 6.64. The fraction of sp³-hybridized carbons (Fsp3) is 0.421. The molecule has 3 aromatic rings. The Hall–Kier alpha value is -2.21. The summed E-state index contributed by atoms with van der Waals surface area (Å²) in [6.45, 7) is 9.01. The average Bonchev–Trinajstić information content (AvgIpc) is 3.14. The standard InChI is InChI=1S/C19H24N4OS/c1-5-8-15-17(13(4)20-11-12(2)3)18(24)23(22-15)19-21-14-9-6-7-10-16(14)25-19/h6-7,9-10,12,22H,5,8,11H2,1-4H3. The predicted octanol–water partition coefficient (Wildman–Crippen LogP) is 4.19. The van der Waals surface area contributed by atoms with E-state index in [9.17, 15) is 4.79 Å². The lowest BCUT2D eigenvalue weighted by molar-refractivity contribution is 0.665. The number of para-hydroxylation sites is 1. The van der Waals surface area contributed by atoms with Gasteiger partial charge in [0, 0.05) is 18.0 Å². The van der Waals surface area contributed by atoms with Crippen LogP contribution in [0.5, 0.6) is 0 Å². The van der Waals surface area contributed by atoms with Crippen molar-refractivity contribution in [3.8, 4) is 5.13 Å². The van der Waals surface area contributed by atoms with Crippen molar-refractivity contribution in [2.75, 3.05) is 6.54 Å². The Labute approximate surface area is 151 Å². The van der Waals surface area contributed by atoms with Crippen LogP contribution in [-0.2, 0) is 6.42 Å². The second-order valence-corrected chi connectivity index (χ2v) is 7.65. The predicted molar refractivity (Wildman–Crippen MR) is 105 cm³/mol. The van der Waals surface area contributed by atoms with Crippen LogP contribution in [0.15, 0.2) is 34.1 Å². The number of aliphatic imine (C=N–C) groups is 1. The van der Waals surface area contributed by atoms with E-state index in [-0.39, 0.29) is 5.56 Å². The molecule has 2 heterocycles. The molecule has 0 radical (unpaired) electrons. The van der Waals surface area contributed by atoms with Crippen LogP contribution >= 0.6 is 11.3 Å². The van der Waals surface area contributed by atoms with Gasteiger partial charge in [0.25, 0.3) is 5.56 Å². The molecule has 132 valence electrons. The summed E-state index contributed by atoms with van der Waals surface area (Å²) in [5.41, 5.74) is 3.29. The molecular formula is C19H24N4OS. The number of H-pyrrole nitrogens is 1. The van der Waals surface area contributed by atoms with Gasteiger partial charge in [-0.25, -0.2) is 4.98 Å². The first-order valence-corrected chi connectivity index (χ1v) is 9.54. The minimum Gasteiger partial charge on any atom is -0.292 e. The van der Waals surface area contributed by atoms with Crippen LogP contribution in [0, 0.1) is 5.92 Å². The van der Waals surface area contributed by atoms with E-state index < -0.39 is 0 Å². The minimum atomic E-state index is -0.0625. The maximum atomic E-state index is 13.0. The van der Waals surface area contributed by atoms with Crippen molar-refractivity contribution < 1.29 is 0 Å². The zero-order chi connectivity index (χ0) is 18.0. The molecule has 3 rings (SSSR count). The molecule has 2 aromatic heterocycles. The van der Waals surface area contributed by atoms with Gasteiger partial charge in [0.15, 0.2) is 0 Å². The summed E-state index contributed by atoms with van der Waals surface area (Å²) in [4.78, 5) is 22.3. The van der Waals surface area contributed by atoms with Gasteiger partial charge in [-0.1, -0.05) is 50.7 Å². The minimum absolute atomic E-state index is 0.0625. The first-order valence-electron chi connectivity index (χ1n) is 8.72. The summed E-state index contributed by atoms with van der Waals surface area (Å²) in [5, 5.41) is 3.94. The summed E-state index contributed by atoms with van der Waals surface area (Å²) < 4.78 is 2.64. The molecular weight excluding hydrogens is 332 g/mol. The van der Waals surface area contributed by atoms with Crippen molar-refractivity contribution in [1.82, 2.24) is 14.8 Å². The number of nitrogens with zero attached hydrogens (tertiary/aromatic N) is 3. The van der Waals surface area contributed by atoms with Crippen molar-refractivity contribution in [3.63, 3.8) is 0 Å². The van der Waals surface area contributed by atoms with Crippen molar-refractivity contribution in [3.05, 3.63) is 45.9 Å². The number of hydrogen-bond acceptors (Lipinski definition) is 4. The van der Waals surface area contributed by atoms with E-state index in [1.54, 1.807) is 4.68 Å². The summed E-state index contributed by atoms with van der Waals surface area (Å²) >= 11 is 1.52. The van der Waals surface area contributed by atoms with Crippen molar-refractivity contribution in [2.45, 2.75) is 40.5 Å². The molecule has 0 amide bonds. The van der Waals surface area contributed by atoms with Gasteiger partial charge < -0.3 is 0 Å². The highest BCUT2D eigenvalue weighted by Crippen LogP contribution is 2.24. The Kier molecular flexibility index (Phi) is 5.18. The molecule has 0 fully saturated rings. The smallest absolute Gasteiger partial charge is 0.282 e. The number of aromatic amines is 1. The van der Waals surface area contributed by atoms with Crippen LogP contribution in [0.3, 0.4) is 0 Å². The van der Waals surface area contributed by atoms with Gasteiger partial charge in [-0.15, -0.1) is 0 Å². The molecule has 0 atom stereocenters. The van der Waals surface area contributed by atoms with Gasteiger partial charge >= 0.3 is 0 Å². The molecule has 0 aliphatic carbocycles. The normalized spacial score (nSPS) is 12.4. The van der Waals surface area contributed by atoms with E-state index in [1.165, 1.54) is 11.3 Å². The summed E-state index contributed by atoms with van der Waals surface area (Å²) in [6.07, 6.45) is 1.78. The Morgan fingerprint density at radius 1 is 1.36 bits per heavy atom. The third-order valence-corrected chi connectivity index (χ3v) is 5.02. The number of fused-ring (bicyclic) bond motifs is 1. The van der Waals surface area contributed by atoms with Crippen LogP contribution in [-0.4, -0.2) is 27.0 Å². The summed E-state index contributed by atoms with van der Waals surface area (Å²) in [6, 6.07) is 7.93. The molecule has 0 saturated carbocycles. The van der Waals surface area contributed by atoms with Crippen LogP contribution < -0.4 is 5.56 Å². The van der Waals surface area contributed by atoms with Gasteiger partial charge in [0.05, 0.1) is 15.8 Å². The molecule has 1 N–H and O–H groups in total. The van der Waals surface area contributed by atoms with Crippen LogP contribution in [0.2, 0.25) is 0 Å². The number of aromatic nitrogens is 3. The number of nitrogens with one attached hydrogen (secondary N) is 1. The van der Waals surface area contributed by atoms with Gasteiger partial charge in [0.1, 0.15) is 0 Å². The largest absolute Gasteiger partial charge is 0.292 e. The number of aryl methyl sites for hydroxylation is 1. The van der Waals surface area contributed by atoms with Crippen LogP contribution in [0.1, 0.15) is 45.4 Å². The van der Waals surface area contributed by atoms with Crippen LogP contribution in [0.4, 0.5) is 0 Å². The number of hydrogen-bond donors (Lipinski definition) is 1. The van der Waals surface area contributed by atoms with Gasteiger partial charge in [0.2, 0.25) is 5.13 Å². The van der Waals surface area contributed by atoms with Crippen molar-refractivity contribution >= 4 is 27.3 Å². The molecule has 0 aliphatic rings. The first-order chi connectivity index (χ1) is 12.0. The fourth-order valence-electron chi connectivity index (χ4n) is 2.78. The zero-order valence-corrected chi connectivity index (χ0v) is 16.0. The number of thiazole rings is 1. The van der Waals surface area contributed by atoms with E-state index in [2.05, 4.69) is 35.8 Å². The highest BCUT2D eigenvalue weighted by molar-refractivity contribution is 7.20. The molecule has 0 spiro atoms. The lowest BCUT2D eigenvalue weighted by Crippen LogP contribution is -2.20. The SMILES string of the molecule is CCCc1[nH]n(-c2nc3ccccc3s2)c(=O)c1C(C)=NCC(C)C. The zero-order valence-electron chi connectivity index (χ0n) is 15.2. The molecule has 0 saturated heterocycles. The lowest BCUT2D eigenvalue weighted by Gasteiger charge is -2.02. The van der Waals surface area contributed by atoms with Gasteiger partial charge in [-0.05, 0) is 31.4 Å². The monoisotopic (exact) mass is 356 g/mol.